The van der Waals surface area contributed by atoms with Crippen LogP contribution in [0.3, 0.4) is 0 Å². The second-order valence-electron chi connectivity index (χ2n) is 6.07. The number of amides is 1. The quantitative estimate of drug-likeness (QED) is 0.587. The molecular weight excluding hydrogens is 350 g/mol. The maximum Gasteiger partial charge on any atom is 0.401 e. The summed E-state index contributed by atoms with van der Waals surface area (Å²) >= 11 is 0. The molecule has 1 saturated heterocycles. The van der Waals surface area contributed by atoms with Crippen LogP contribution in [0.25, 0.3) is 0 Å². The topological polar surface area (TPSA) is 23.6 Å². The maximum absolute atomic E-state index is 13.7. The third-order valence-corrected chi connectivity index (χ3v) is 4.20. The first kappa shape index (κ1) is 19.6. The highest BCUT2D eigenvalue weighted by molar-refractivity contribution is 5.95. The lowest BCUT2D eigenvalue weighted by molar-refractivity contribution is -0.146. The normalized spacial score (nSPS) is 18.2. The Morgan fingerprint density at radius 3 is 2.48 bits per heavy atom. The molecule has 1 aromatic carbocycles. The largest absolute Gasteiger partial charge is 0.401 e. The minimum Gasteiger partial charge on any atom is -0.338 e. The Morgan fingerprint density at radius 1 is 1.24 bits per heavy atom. The van der Waals surface area contributed by atoms with Crippen molar-refractivity contribution in [3.05, 3.63) is 35.1 Å². The van der Waals surface area contributed by atoms with Crippen molar-refractivity contribution in [1.82, 2.24) is 9.80 Å². The molecule has 1 atom stereocenters. The molecular formula is C16H18F6N2O. The van der Waals surface area contributed by atoms with Crippen LogP contribution < -0.4 is 0 Å². The lowest BCUT2D eigenvalue weighted by Gasteiger charge is -2.25. The zero-order valence-electron chi connectivity index (χ0n) is 13.5. The molecule has 2 rings (SSSR count). The Kier molecular flexibility index (Phi) is 5.97. The highest BCUT2D eigenvalue weighted by Crippen LogP contribution is 2.24. The van der Waals surface area contributed by atoms with E-state index in [1.807, 2.05) is 0 Å². The number of rotatable bonds is 5. The minimum atomic E-state index is -4.32. The molecule has 0 bridgehead atoms. The molecule has 0 unspecified atom stereocenters. The highest BCUT2D eigenvalue weighted by Gasteiger charge is 2.34. The van der Waals surface area contributed by atoms with Crippen LogP contribution >= 0.6 is 0 Å². The number of nitrogens with zero attached hydrogens (tertiary/aromatic N) is 2. The van der Waals surface area contributed by atoms with Crippen molar-refractivity contribution in [3.63, 3.8) is 0 Å². The van der Waals surface area contributed by atoms with Crippen LogP contribution in [0.2, 0.25) is 0 Å². The number of halogens is 6. The first-order chi connectivity index (χ1) is 11.6. The Bertz CT molecular complexity index is 634. The molecule has 1 aliphatic rings. The van der Waals surface area contributed by atoms with Gasteiger partial charge in [0.1, 0.15) is 11.4 Å². The van der Waals surface area contributed by atoms with Crippen molar-refractivity contribution < 1.29 is 31.1 Å². The van der Waals surface area contributed by atoms with E-state index in [0.717, 1.165) is 4.90 Å². The predicted octanol–water partition coefficient (Wildman–Crippen LogP) is 3.45. The minimum absolute atomic E-state index is 0.0720. The average Bonchev–Trinajstić information content (AvgIpc) is 2.97. The molecule has 0 aliphatic carbocycles. The van der Waals surface area contributed by atoms with E-state index in [2.05, 4.69) is 0 Å². The average molecular weight is 368 g/mol. The van der Waals surface area contributed by atoms with E-state index < -0.39 is 41.6 Å². The van der Waals surface area contributed by atoms with Crippen molar-refractivity contribution >= 4 is 5.91 Å². The third-order valence-electron chi connectivity index (χ3n) is 4.20. The number of carbonyl (C=O) groups excluding carboxylic acids is 1. The van der Waals surface area contributed by atoms with Gasteiger partial charge in [0, 0.05) is 19.6 Å². The van der Waals surface area contributed by atoms with Crippen LogP contribution in [0.1, 0.15) is 23.7 Å². The van der Waals surface area contributed by atoms with Crippen LogP contribution in [-0.2, 0) is 0 Å². The van der Waals surface area contributed by atoms with Crippen LogP contribution in [0, 0.1) is 23.4 Å². The van der Waals surface area contributed by atoms with Crippen molar-refractivity contribution in [1.29, 1.82) is 0 Å². The summed E-state index contributed by atoms with van der Waals surface area (Å²) in [6.45, 7) is 1.08. The molecule has 0 radical (unpaired) electrons. The zero-order valence-corrected chi connectivity index (χ0v) is 13.5. The number of carbonyl (C=O) groups is 1. The molecule has 1 heterocycles. The standard InChI is InChI=1S/C16H18F6N2O/c1-2-23(9-16(20,21)22)7-10-5-6-24(8-10)15(25)13-11(17)3-4-12(18)14(13)19/h3-4,10H,2,5-9H2,1H3/t10-/m1/s1. The molecule has 0 saturated carbocycles. The fourth-order valence-corrected chi connectivity index (χ4v) is 2.97. The SMILES string of the molecule is CCN(C[C@H]1CCN(C(=O)c2c(F)ccc(F)c2F)C1)CC(F)(F)F. The predicted molar refractivity (Wildman–Crippen MR) is 78.5 cm³/mol. The van der Waals surface area contributed by atoms with Crippen LogP contribution in [-0.4, -0.2) is 54.6 Å². The summed E-state index contributed by atoms with van der Waals surface area (Å²) in [6.07, 6.45) is -3.91. The Hall–Kier alpha value is -1.77. The van der Waals surface area contributed by atoms with E-state index in [0.29, 0.717) is 18.6 Å². The van der Waals surface area contributed by atoms with Crippen molar-refractivity contribution in [3.8, 4) is 0 Å². The van der Waals surface area contributed by atoms with Gasteiger partial charge in [-0.05, 0) is 31.0 Å². The Labute approximate surface area is 141 Å². The number of benzene rings is 1. The van der Waals surface area contributed by atoms with E-state index in [1.54, 1.807) is 6.92 Å². The lowest BCUT2D eigenvalue weighted by Crippen LogP contribution is -2.38. The molecule has 1 fully saturated rings. The van der Waals surface area contributed by atoms with Gasteiger partial charge < -0.3 is 4.90 Å². The first-order valence-electron chi connectivity index (χ1n) is 7.84. The molecule has 1 aliphatic heterocycles. The number of hydrogen-bond acceptors (Lipinski definition) is 2. The fraction of sp³-hybridized carbons (Fsp3) is 0.562. The van der Waals surface area contributed by atoms with Gasteiger partial charge in [0.25, 0.3) is 5.91 Å². The zero-order chi connectivity index (χ0) is 18.8. The summed E-state index contributed by atoms with van der Waals surface area (Å²) in [6, 6.07) is 1.26. The number of likely N-dealkylation sites (tertiary alicyclic amines) is 1. The van der Waals surface area contributed by atoms with Crippen molar-refractivity contribution in [2.75, 3.05) is 32.7 Å². The van der Waals surface area contributed by atoms with Gasteiger partial charge in [-0.15, -0.1) is 0 Å². The van der Waals surface area contributed by atoms with Gasteiger partial charge in [-0.25, -0.2) is 13.2 Å². The monoisotopic (exact) mass is 368 g/mol. The number of hydrogen-bond donors (Lipinski definition) is 0. The van der Waals surface area contributed by atoms with E-state index in [9.17, 15) is 31.1 Å². The van der Waals surface area contributed by atoms with Gasteiger partial charge in [-0.2, -0.15) is 13.2 Å². The Balaban J connectivity index is 2.03. The second-order valence-corrected chi connectivity index (χ2v) is 6.07. The maximum atomic E-state index is 13.7. The lowest BCUT2D eigenvalue weighted by atomic mass is 10.1. The molecule has 0 aromatic heterocycles. The van der Waals surface area contributed by atoms with Crippen LogP contribution in [0.15, 0.2) is 12.1 Å². The molecule has 25 heavy (non-hydrogen) atoms. The third kappa shape index (κ3) is 4.87. The Morgan fingerprint density at radius 2 is 1.88 bits per heavy atom. The van der Waals surface area contributed by atoms with Gasteiger partial charge in [0.2, 0.25) is 0 Å². The summed E-state index contributed by atoms with van der Waals surface area (Å²) in [5.41, 5.74) is -0.969. The van der Waals surface area contributed by atoms with Gasteiger partial charge in [0.15, 0.2) is 11.6 Å². The first-order valence-corrected chi connectivity index (χ1v) is 7.84. The van der Waals surface area contributed by atoms with Crippen LogP contribution in [0.4, 0.5) is 26.3 Å². The molecule has 9 heteroatoms. The summed E-state index contributed by atoms with van der Waals surface area (Å²) in [5, 5.41) is 0. The van der Waals surface area contributed by atoms with Crippen LogP contribution in [0.5, 0.6) is 0 Å². The van der Waals surface area contributed by atoms with Crippen molar-refractivity contribution in [2.45, 2.75) is 19.5 Å². The van der Waals surface area contributed by atoms with E-state index in [-0.39, 0.29) is 32.1 Å². The van der Waals surface area contributed by atoms with Gasteiger partial charge in [0.05, 0.1) is 6.54 Å². The van der Waals surface area contributed by atoms with Crippen molar-refractivity contribution in [2.24, 2.45) is 5.92 Å². The summed E-state index contributed by atoms with van der Waals surface area (Å²) in [7, 11) is 0. The molecule has 1 amide bonds. The molecule has 140 valence electrons. The number of alkyl halides is 3. The van der Waals surface area contributed by atoms with E-state index in [4.69, 9.17) is 0 Å². The highest BCUT2D eigenvalue weighted by atomic mass is 19.4. The van der Waals surface area contributed by atoms with Gasteiger partial charge in [-0.3, -0.25) is 9.69 Å². The molecule has 3 nitrogen and oxygen atoms in total. The molecule has 0 spiro atoms. The molecule has 0 N–H and O–H groups in total. The second kappa shape index (κ2) is 7.63. The summed E-state index contributed by atoms with van der Waals surface area (Å²) in [4.78, 5) is 14.6. The van der Waals surface area contributed by atoms with Gasteiger partial charge in [-0.1, -0.05) is 6.92 Å². The summed E-state index contributed by atoms with van der Waals surface area (Å²) in [5.74, 6) is -5.29. The van der Waals surface area contributed by atoms with E-state index >= 15 is 0 Å². The smallest absolute Gasteiger partial charge is 0.338 e. The molecule has 1 aromatic rings. The van der Waals surface area contributed by atoms with Gasteiger partial charge >= 0.3 is 6.18 Å². The van der Waals surface area contributed by atoms with E-state index in [1.165, 1.54) is 4.90 Å². The summed E-state index contributed by atoms with van der Waals surface area (Å²) < 4.78 is 78.1. The fourth-order valence-electron chi connectivity index (χ4n) is 2.97.